The number of aryl methyl sites for hydroxylation is 1. The summed E-state index contributed by atoms with van der Waals surface area (Å²) < 4.78 is 5.51. The molecule has 0 bridgehead atoms. The maximum absolute atomic E-state index is 5.51. The Balaban J connectivity index is 2.12. The third-order valence-corrected chi connectivity index (χ3v) is 3.12. The lowest BCUT2D eigenvalue weighted by atomic mass is 10.1. The lowest BCUT2D eigenvalue weighted by Gasteiger charge is -2.12. The van der Waals surface area contributed by atoms with E-state index in [4.69, 9.17) is 4.74 Å². The molecule has 1 heterocycles. The molecule has 0 fully saturated rings. The Bertz CT molecular complexity index is 579. The number of anilines is 1. The van der Waals surface area contributed by atoms with Gasteiger partial charge in [0.25, 0.3) is 0 Å². The van der Waals surface area contributed by atoms with E-state index in [-0.39, 0.29) is 5.92 Å². The second kappa shape index (κ2) is 7.07. The molecule has 0 aliphatic heterocycles. The van der Waals surface area contributed by atoms with Crippen LogP contribution in [0.2, 0.25) is 0 Å². The highest BCUT2D eigenvalue weighted by molar-refractivity contribution is 5.40. The van der Waals surface area contributed by atoms with Gasteiger partial charge in [0.2, 0.25) is 5.88 Å². The molecule has 0 radical (unpaired) electrons. The highest BCUT2D eigenvalue weighted by atomic mass is 16.5. The zero-order chi connectivity index (χ0) is 15.2. The highest BCUT2D eigenvalue weighted by Crippen LogP contribution is 2.19. The van der Waals surface area contributed by atoms with Crippen molar-refractivity contribution in [1.82, 2.24) is 9.97 Å². The molecular weight excluding hydrogens is 262 g/mol. The Labute approximate surface area is 126 Å². The van der Waals surface area contributed by atoms with Gasteiger partial charge in [-0.2, -0.15) is 4.98 Å². The summed E-state index contributed by atoms with van der Waals surface area (Å²) in [6, 6.07) is 10.3. The smallest absolute Gasteiger partial charge is 0.218 e. The summed E-state index contributed by atoms with van der Waals surface area (Å²) in [6.07, 6.45) is 0. The highest BCUT2D eigenvalue weighted by Gasteiger charge is 2.08. The number of aromatic nitrogens is 2. The average molecular weight is 285 g/mol. The number of benzene rings is 1. The lowest BCUT2D eigenvalue weighted by molar-refractivity contribution is 0.324. The van der Waals surface area contributed by atoms with Crippen molar-refractivity contribution in [2.75, 3.05) is 11.9 Å². The molecule has 0 saturated carbocycles. The van der Waals surface area contributed by atoms with E-state index in [1.54, 1.807) is 0 Å². The van der Waals surface area contributed by atoms with Gasteiger partial charge in [-0.25, -0.2) is 4.98 Å². The molecule has 112 valence electrons. The minimum Gasteiger partial charge on any atom is -0.478 e. The summed E-state index contributed by atoms with van der Waals surface area (Å²) in [4.78, 5) is 8.96. The molecule has 0 saturated heterocycles. The van der Waals surface area contributed by atoms with E-state index in [2.05, 4.69) is 60.3 Å². The van der Waals surface area contributed by atoms with Crippen molar-refractivity contribution in [2.45, 2.75) is 40.2 Å². The van der Waals surface area contributed by atoms with Gasteiger partial charge >= 0.3 is 0 Å². The molecule has 0 spiro atoms. The van der Waals surface area contributed by atoms with Crippen LogP contribution in [-0.2, 0) is 6.54 Å². The molecule has 1 N–H and O–H groups in total. The third kappa shape index (κ3) is 4.45. The van der Waals surface area contributed by atoms with Crippen LogP contribution in [0.3, 0.4) is 0 Å². The van der Waals surface area contributed by atoms with E-state index in [9.17, 15) is 0 Å². The van der Waals surface area contributed by atoms with Crippen LogP contribution in [0.4, 0.5) is 5.82 Å². The molecule has 4 heteroatoms. The molecule has 0 aliphatic carbocycles. The van der Waals surface area contributed by atoms with Gasteiger partial charge in [-0.1, -0.05) is 43.7 Å². The standard InChI is InChI=1S/C17H23N3O/c1-5-21-16-10-15(19-17(20-16)12(2)3)18-11-14-8-6-13(4)7-9-14/h6-10,12H,5,11H2,1-4H3,(H,18,19,20). The molecule has 1 aromatic heterocycles. The Morgan fingerprint density at radius 3 is 2.48 bits per heavy atom. The Morgan fingerprint density at radius 2 is 1.86 bits per heavy atom. The maximum Gasteiger partial charge on any atom is 0.218 e. The molecule has 21 heavy (non-hydrogen) atoms. The normalized spacial score (nSPS) is 10.7. The van der Waals surface area contributed by atoms with Gasteiger partial charge in [0, 0.05) is 18.5 Å². The topological polar surface area (TPSA) is 47.0 Å². The number of nitrogens with one attached hydrogen (secondary N) is 1. The summed E-state index contributed by atoms with van der Waals surface area (Å²) in [7, 11) is 0. The quantitative estimate of drug-likeness (QED) is 0.874. The predicted octanol–water partition coefficient (Wildman–Crippen LogP) is 3.92. The molecular formula is C17H23N3O. The first kappa shape index (κ1) is 15.3. The second-order valence-corrected chi connectivity index (χ2v) is 5.38. The van der Waals surface area contributed by atoms with Gasteiger partial charge in [-0.15, -0.1) is 0 Å². The zero-order valence-electron chi connectivity index (χ0n) is 13.2. The van der Waals surface area contributed by atoms with Crippen molar-refractivity contribution >= 4 is 5.82 Å². The van der Waals surface area contributed by atoms with Crippen molar-refractivity contribution in [1.29, 1.82) is 0 Å². The summed E-state index contributed by atoms with van der Waals surface area (Å²) in [6.45, 7) is 9.54. The lowest BCUT2D eigenvalue weighted by Crippen LogP contribution is -2.07. The number of nitrogens with zero attached hydrogens (tertiary/aromatic N) is 2. The first-order valence-corrected chi connectivity index (χ1v) is 7.39. The van der Waals surface area contributed by atoms with Crippen molar-refractivity contribution in [3.63, 3.8) is 0 Å². The third-order valence-electron chi connectivity index (χ3n) is 3.12. The van der Waals surface area contributed by atoms with Gasteiger partial charge in [0.15, 0.2) is 0 Å². The predicted molar refractivity (Wildman–Crippen MR) is 85.8 cm³/mol. The van der Waals surface area contributed by atoms with Crippen LogP contribution in [0, 0.1) is 6.92 Å². The molecule has 2 aromatic rings. The van der Waals surface area contributed by atoms with E-state index < -0.39 is 0 Å². The maximum atomic E-state index is 5.51. The Kier molecular flexibility index (Phi) is 5.14. The van der Waals surface area contributed by atoms with E-state index >= 15 is 0 Å². The summed E-state index contributed by atoms with van der Waals surface area (Å²) in [5.41, 5.74) is 2.49. The van der Waals surface area contributed by atoms with Crippen LogP contribution in [0.15, 0.2) is 30.3 Å². The van der Waals surface area contributed by atoms with Crippen LogP contribution in [0.5, 0.6) is 5.88 Å². The molecule has 0 aliphatic rings. The van der Waals surface area contributed by atoms with Gasteiger partial charge < -0.3 is 10.1 Å². The van der Waals surface area contributed by atoms with E-state index in [1.807, 2.05) is 13.0 Å². The number of ether oxygens (including phenoxy) is 1. The van der Waals surface area contributed by atoms with Crippen molar-refractivity contribution in [3.05, 3.63) is 47.3 Å². The summed E-state index contributed by atoms with van der Waals surface area (Å²) in [5, 5.41) is 3.34. The number of hydrogen-bond acceptors (Lipinski definition) is 4. The summed E-state index contributed by atoms with van der Waals surface area (Å²) >= 11 is 0. The van der Waals surface area contributed by atoms with E-state index in [0.717, 1.165) is 18.2 Å². The fourth-order valence-electron chi connectivity index (χ4n) is 1.91. The fraction of sp³-hybridized carbons (Fsp3) is 0.412. The summed E-state index contributed by atoms with van der Waals surface area (Å²) in [5.74, 6) is 2.50. The van der Waals surface area contributed by atoms with Crippen LogP contribution in [0.25, 0.3) is 0 Å². The Hall–Kier alpha value is -2.10. The molecule has 2 rings (SSSR count). The minimum atomic E-state index is 0.269. The van der Waals surface area contributed by atoms with E-state index in [0.29, 0.717) is 12.5 Å². The first-order chi connectivity index (χ1) is 10.1. The number of hydrogen-bond donors (Lipinski definition) is 1. The molecule has 0 amide bonds. The minimum absolute atomic E-state index is 0.269. The monoisotopic (exact) mass is 285 g/mol. The van der Waals surface area contributed by atoms with E-state index in [1.165, 1.54) is 11.1 Å². The molecule has 0 atom stereocenters. The molecule has 4 nitrogen and oxygen atoms in total. The van der Waals surface area contributed by atoms with Crippen LogP contribution in [0.1, 0.15) is 43.6 Å². The van der Waals surface area contributed by atoms with Crippen molar-refractivity contribution in [3.8, 4) is 5.88 Å². The van der Waals surface area contributed by atoms with Crippen molar-refractivity contribution in [2.24, 2.45) is 0 Å². The van der Waals surface area contributed by atoms with Crippen LogP contribution in [-0.4, -0.2) is 16.6 Å². The fourth-order valence-corrected chi connectivity index (χ4v) is 1.91. The number of rotatable bonds is 6. The van der Waals surface area contributed by atoms with Crippen LogP contribution >= 0.6 is 0 Å². The largest absolute Gasteiger partial charge is 0.478 e. The van der Waals surface area contributed by atoms with Crippen molar-refractivity contribution < 1.29 is 4.74 Å². The van der Waals surface area contributed by atoms with Gasteiger partial charge in [0.1, 0.15) is 11.6 Å². The molecule has 1 aromatic carbocycles. The molecule has 0 unspecified atom stereocenters. The average Bonchev–Trinajstić information content (AvgIpc) is 2.47. The first-order valence-electron chi connectivity index (χ1n) is 7.39. The van der Waals surface area contributed by atoms with Gasteiger partial charge in [0.05, 0.1) is 6.61 Å². The van der Waals surface area contributed by atoms with Gasteiger partial charge in [-0.05, 0) is 19.4 Å². The van der Waals surface area contributed by atoms with Crippen LogP contribution < -0.4 is 10.1 Å². The Morgan fingerprint density at radius 1 is 1.14 bits per heavy atom. The zero-order valence-corrected chi connectivity index (χ0v) is 13.2. The SMILES string of the molecule is CCOc1cc(NCc2ccc(C)cc2)nc(C(C)C)n1. The second-order valence-electron chi connectivity index (χ2n) is 5.38. The van der Waals surface area contributed by atoms with Gasteiger partial charge in [-0.3, -0.25) is 0 Å².